The number of ketones is 1. The van der Waals surface area contributed by atoms with E-state index in [9.17, 15) is 4.79 Å². The first kappa shape index (κ1) is 47.6. The molecule has 46 heavy (non-hydrogen) atoms. The maximum atomic E-state index is 9.44. The van der Waals surface area contributed by atoms with Gasteiger partial charge in [0.05, 0.1) is 0 Å². The second-order valence-electron chi connectivity index (χ2n) is 12.3. The van der Waals surface area contributed by atoms with Crippen molar-refractivity contribution in [3.05, 3.63) is 83.1 Å². The zero-order valence-electron chi connectivity index (χ0n) is 32.2. The van der Waals surface area contributed by atoms with E-state index in [2.05, 4.69) is 122 Å². The van der Waals surface area contributed by atoms with Crippen molar-refractivity contribution in [1.82, 2.24) is 9.80 Å². The number of piperazine rings is 1. The Morgan fingerprint density at radius 1 is 0.913 bits per heavy atom. The summed E-state index contributed by atoms with van der Waals surface area (Å²) in [6.45, 7) is 36.1. The Morgan fingerprint density at radius 3 is 1.85 bits per heavy atom. The lowest BCUT2D eigenvalue weighted by Gasteiger charge is -2.40. The number of hydrogen-bond acceptors (Lipinski definition) is 5. The average Bonchev–Trinajstić information content (AvgIpc) is 2.95. The van der Waals surface area contributed by atoms with Crippen molar-refractivity contribution in [3.8, 4) is 0 Å². The number of rotatable bonds is 12. The van der Waals surface area contributed by atoms with Crippen LogP contribution in [0.5, 0.6) is 0 Å². The number of allylic oxidation sites excluding steroid dienone is 11. The smallest absolute Gasteiger partial charge is 0.182 e. The molecular weight excluding hydrogens is 590 g/mol. The van der Waals surface area contributed by atoms with Crippen LogP contribution in [-0.4, -0.2) is 53.1 Å². The predicted molar refractivity (Wildman–Crippen MR) is 208 cm³/mol. The molecule has 264 valence electrons. The summed E-state index contributed by atoms with van der Waals surface area (Å²) < 4.78 is 5.92. The SMILES string of the molecule is C=C(OC(C)(C)C)N1CCN(/C(C)=C(\C=C/C)C(/C)=N/C=C/CC)CC1.CC(C)=O.CC/C=C/C=C(Cl)\C=C(/C)CCC.CCC. The summed E-state index contributed by atoms with van der Waals surface area (Å²) in [5, 5.41) is 0.815. The molecule has 5 nitrogen and oxygen atoms in total. The van der Waals surface area contributed by atoms with Gasteiger partial charge in [0.25, 0.3) is 0 Å². The maximum Gasteiger partial charge on any atom is 0.182 e. The molecule has 0 bridgehead atoms. The molecule has 0 N–H and O–H groups in total. The number of ether oxygens (including phenoxy) is 1. The molecule has 0 radical (unpaired) electrons. The third-order valence-corrected chi connectivity index (χ3v) is 6.14. The van der Waals surface area contributed by atoms with Gasteiger partial charge in [-0.2, -0.15) is 0 Å². The van der Waals surface area contributed by atoms with Crippen LogP contribution >= 0.6 is 11.6 Å². The molecule has 0 aromatic heterocycles. The second-order valence-corrected chi connectivity index (χ2v) is 12.8. The van der Waals surface area contributed by atoms with Gasteiger partial charge in [0.1, 0.15) is 11.4 Å². The minimum absolute atomic E-state index is 0.167. The third-order valence-electron chi connectivity index (χ3n) is 5.91. The quantitative estimate of drug-likeness (QED) is 0.119. The molecule has 0 aromatic rings. The standard InChI is InChI=1S/C22H37N3O.C12H19Cl.C3H6O.C3H8/c1-9-11-13-23-18(3)21(12-10-2)19(4)24-14-16-25(17-15-24)20(5)26-22(6,7)8;1-4-6-7-9-12(13)10-11(3)8-5-2;1-3(2)4;1-3-2/h10-13H,5,9,14-17H2,1-4,6-8H3;6-7,9-10H,4-5,8H2,1-3H3;1-2H3;3H2,1-2H3/b12-10-,13-11+,21-19+,23-18+;7-6+,11-10+,12-9+;;. The Kier molecular flexibility index (Phi) is 30.6. The van der Waals surface area contributed by atoms with E-state index in [1.807, 2.05) is 31.4 Å². The van der Waals surface area contributed by atoms with Crippen molar-refractivity contribution in [2.24, 2.45) is 4.99 Å². The highest BCUT2D eigenvalue weighted by molar-refractivity contribution is 6.31. The van der Waals surface area contributed by atoms with Gasteiger partial charge in [-0.05, 0) is 100 Å². The van der Waals surface area contributed by atoms with Crippen molar-refractivity contribution >= 4 is 23.1 Å². The van der Waals surface area contributed by atoms with E-state index in [4.69, 9.17) is 16.3 Å². The molecule has 0 atom stereocenters. The van der Waals surface area contributed by atoms with E-state index in [0.29, 0.717) is 0 Å². The summed E-state index contributed by atoms with van der Waals surface area (Å²) in [5.74, 6) is 0.940. The highest BCUT2D eigenvalue weighted by Gasteiger charge is 2.23. The Morgan fingerprint density at radius 2 is 1.41 bits per heavy atom. The molecule has 1 aliphatic heterocycles. The van der Waals surface area contributed by atoms with E-state index < -0.39 is 0 Å². The summed E-state index contributed by atoms with van der Waals surface area (Å²) in [6.07, 6.45) is 21.9. The first-order valence-electron chi connectivity index (χ1n) is 17.1. The summed E-state index contributed by atoms with van der Waals surface area (Å²) in [5.41, 5.74) is 4.66. The van der Waals surface area contributed by atoms with Crippen LogP contribution in [0.1, 0.15) is 129 Å². The van der Waals surface area contributed by atoms with Crippen molar-refractivity contribution in [2.75, 3.05) is 26.2 Å². The summed E-state index contributed by atoms with van der Waals surface area (Å²) in [4.78, 5) is 18.7. The van der Waals surface area contributed by atoms with Gasteiger partial charge in [0.15, 0.2) is 5.88 Å². The molecule has 1 fully saturated rings. The largest absolute Gasteiger partial charge is 0.474 e. The first-order chi connectivity index (χ1) is 21.5. The Hall–Kier alpha value is -2.79. The first-order valence-corrected chi connectivity index (χ1v) is 17.5. The van der Waals surface area contributed by atoms with Crippen LogP contribution in [0.4, 0.5) is 0 Å². The average molecular weight is 660 g/mol. The lowest BCUT2D eigenvalue weighted by atomic mass is 10.1. The lowest BCUT2D eigenvalue weighted by molar-refractivity contribution is -0.115. The summed E-state index contributed by atoms with van der Waals surface area (Å²) in [7, 11) is 0. The van der Waals surface area contributed by atoms with Crippen LogP contribution in [0.25, 0.3) is 0 Å². The van der Waals surface area contributed by atoms with Gasteiger partial charge in [0.2, 0.25) is 0 Å². The Labute approximate surface area is 290 Å². The van der Waals surface area contributed by atoms with Crippen LogP contribution in [0.3, 0.4) is 0 Å². The Balaban J connectivity index is -0.000000766. The topological polar surface area (TPSA) is 45.1 Å². The zero-order chi connectivity index (χ0) is 36.1. The molecule has 0 unspecified atom stereocenters. The minimum atomic E-state index is -0.206. The van der Waals surface area contributed by atoms with Gasteiger partial charge in [0, 0.05) is 54.4 Å². The number of hydrogen-bond donors (Lipinski definition) is 0. The fourth-order valence-corrected chi connectivity index (χ4v) is 4.19. The van der Waals surface area contributed by atoms with Gasteiger partial charge in [-0.15, -0.1) is 0 Å². The maximum absolute atomic E-state index is 9.44. The zero-order valence-corrected chi connectivity index (χ0v) is 33.0. The van der Waals surface area contributed by atoms with Crippen molar-refractivity contribution < 1.29 is 9.53 Å². The molecule has 0 spiro atoms. The van der Waals surface area contributed by atoms with Crippen molar-refractivity contribution in [1.29, 1.82) is 0 Å². The third kappa shape index (κ3) is 28.7. The lowest BCUT2D eigenvalue weighted by Crippen LogP contribution is -2.46. The molecule has 0 amide bonds. The van der Waals surface area contributed by atoms with Gasteiger partial charge in [-0.1, -0.05) is 95.0 Å². The van der Waals surface area contributed by atoms with E-state index in [0.717, 1.165) is 62.1 Å². The highest BCUT2D eigenvalue weighted by atomic mass is 35.5. The molecule has 1 aliphatic rings. The molecule has 1 saturated heterocycles. The molecule has 1 heterocycles. The number of nitrogens with zero attached hydrogens (tertiary/aromatic N) is 3. The van der Waals surface area contributed by atoms with Crippen molar-refractivity contribution in [3.63, 3.8) is 0 Å². The molecule has 0 aliphatic carbocycles. The van der Waals surface area contributed by atoms with Gasteiger partial charge < -0.3 is 19.3 Å². The van der Waals surface area contributed by atoms with E-state index in [-0.39, 0.29) is 11.4 Å². The van der Waals surface area contributed by atoms with Gasteiger partial charge in [-0.3, -0.25) is 4.99 Å². The van der Waals surface area contributed by atoms with E-state index >= 15 is 0 Å². The van der Waals surface area contributed by atoms with Gasteiger partial charge in [-0.25, -0.2) is 0 Å². The minimum Gasteiger partial charge on any atom is -0.474 e. The number of halogens is 1. The number of Topliss-reactive ketones (excluding diaryl/α,β-unsaturated/α-hetero) is 1. The fraction of sp³-hybridized carbons (Fsp3) is 0.600. The number of carbonyl (C=O) groups excluding carboxylic acids is 1. The van der Waals surface area contributed by atoms with E-state index in [1.54, 1.807) is 0 Å². The normalized spacial score (nSPS) is 15.1. The molecule has 1 rings (SSSR count). The van der Waals surface area contributed by atoms with Crippen molar-refractivity contribution in [2.45, 2.75) is 135 Å². The predicted octanol–water partition coefficient (Wildman–Crippen LogP) is 12.0. The summed E-state index contributed by atoms with van der Waals surface area (Å²) >= 11 is 5.98. The fourth-order valence-electron chi connectivity index (χ4n) is 3.93. The summed E-state index contributed by atoms with van der Waals surface area (Å²) in [6, 6.07) is 0. The Bertz CT molecular complexity index is 1040. The number of carbonyl (C=O) groups is 1. The number of aliphatic imine (C=N–C) groups is 1. The monoisotopic (exact) mass is 660 g/mol. The van der Waals surface area contributed by atoms with E-state index in [1.165, 1.54) is 43.5 Å². The van der Waals surface area contributed by atoms with Crippen LogP contribution in [0.15, 0.2) is 88.1 Å². The molecular formula is C40H70ClN3O2. The second kappa shape index (κ2) is 29.6. The van der Waals surface area contributed by atoms with Crippen LogP contribution < -0.4 is 0 Å². The highest BCUT2D eigenvalue weighted by Crippen LogP contribution is 2.21. The molecule has 0 aromatic carbocycles. The van der Waals surface area contributed by atoms with Crippen LogP contribution in [0, 0.1) is 0 Å². The van der Waals surface area contributed by atoms with Gasteiger partial charge >= 0.3 is 0 Å². The van der Waals surface area contributed by atoms with Crippen LogP contribution in [0.2, 0.25) is 0 Å². The van der Waals surface area contributed by atoms with Crippen LogP contribution in [-0.2, 0) is 9.53 Å². The molecule has 6 heteroatoms. The molecule has 0 saturated carbocycles.